The Balaban J connectivity index is 1.98. The maximum atomic E-state index is 11.7. The number of nitrogens with one attached hydrogen (secondary N) is 1. The number of amides is 1. The molecule has 0 aliphatic carbocycles. The van der Waals surface area contributed by atoms with Crippen molar-refractivity contribution < 1.29 is 9.90 Å². The molecule has 2 N–H and O–H groups in total. The minimum absolute atomic E-state index is 0.0489. The smallest absolute Gasteiger partial charge is 0.237 e. The van der Waals surface area contributed by atoms with Gasteiger partial charge in [0, 0.05) is 13.6 Å². The van der Waals surface area contributed by atoms with E-state index in [1.54, 1.807) is 7.05 Å². The molecule has 1 heterocycles. The van der Waals surface area contributed by atoms with Crippen molar-refractivity contribution >= 4 is 5.91 Å². The fourth-order valence-corrected chi connectivity index (χ4v) is 2.51. The third kappa shape index (κ3) is 2.89. The van der Waals surface area contributed by atoms with Crippen LogP contribution in [0.3, 0.4) is 0 Å². The van der Waals surface area contributed by atoms with Crippen molar-refractivity contribution in [3.05, 3.63) is 35.9 Å². The summed E-state index contributed by atoms with van der Waals surface area (Å²) in [7, 11) is 1.66. The van der Waals surface area contributed by atoms with E-state index >= 15 is 0 Å². The predicted octanol–water partition coefficient (Wildman–Crippen LogP) is 0.930. The summed E-state index contributed by atoms with van der Waals surface area (Å²) in [6, 6.07) is 9.50. The molecular weight excluding hydrogens is 228 g/mol. The van der Waals surface area contributed by atoms with Crippen LogP contribution in [-0.4, -0.2) is 42.1 Å². The second-order valence-electron chi connectivity index (χ2n) is 4.69. The molecule has 0 spiro atoms. The Morgan fingerprint density at radius 3 is 2.89 bits per heavy atom. The van der Waals surface area contributed by atoms with Gasteiger partial charge in [-0.2, -0.15) is 0 Å². The van der Waals surface area contributed by atoms with Gasteiger partial charge in [-0.1, -0.05) is 30.3 Å². The third-order valence-corrected chi connectivity index (χ3v) is 3.50. The lowest BCUT2D eigenvalue weighted by molar-refractivity contribution is -0.125. The van der Waals surface area contributed by atoms with E-state index in [1.165, 1.54) is 0 Å². The average molecular weight is 248 g/mol. The Kier molecular flexibility index (Phi) is 4.33. The highest BCUT2D eigenvalue weighted by molar-refractivity contribution is 5.81. The number of β-amino-alcohol motifs (C(OH)–C–C–N with tert-alkyl or cyclic N) is 1. The number of carbonyl (C=O) groups excluding carboxylic acids is 1. The molecule has 4 heteroatoms. The van der Waals surface area contributed by atoms with Gasteiger partial charge in [0.15, 0.2) is 0 Å². The first-order valence-electron chi connectivity index (χ1n) is 6.41. The molecule has 18 heavy (non-hydrogen) atoms. The lowest BCUT2D eigenvalue weighted by atomic mass is 10.1. The maximum Gasteiger partial charge on any atom is 0.237 e. The Hall–Kier alpha value is -1.39. The van der Waals surface area contributed by atoms with Crippen molar-refractivity contribution in [1.29, 1.82) is 0 Å². The van der Waals surface area contributed by atoms with Gasteiger partial charge in [0.05, 0.1) is 12.1 Å². The summed E-state index contributed by atoms with van der Waals surface area (Å²) >= 11 is 0. The quantitative estimate of drug-likeness (QED) is 0.833. The molecule has 0 bridgehead atoms. The molecule has 1 aromatic carbocycles. The Labute approximate surface area is 108 Å². The van der Waals surface area contributed by atoms with E-state index in [1.807, 2.05) is 30.3 Å². The number of rotatable bonds is 4. The summed E-state index contributed by atoms with van der Waals surface area (Å²) in [6.07, 6.45) is 1.36. The molecule has 4 nitrogen and oxygen atoms in total. The van der Waals surface area contributed by atoms with Crippen molar-refractivity contribution in [2.24, 2.45) is 0 Å². The van der Waals surface area contributed by atoms with Crippen LogP contribution in [0, 0.1) is 0 Å². The lowest BCUT2D eigenvalue weighted by Crippen LogP contribution is -2.43. The molecule has 0 aromatic heterocycles. The zero-order chi connectivity index (χ0) is 13.0. The number of hydrogen-bond acceptors (Lipinski definition) is 3. The number of likely N-dealkylation sites (tertiary alicyclic amines) is 1. The van der Waals surface area contributed by atoms with Crippen LogP contribution in [0.2, 0.25) is 0 Å². The molecule has 2 unspecified atom stereocenters. The third-order valence-electron chi connectivity index (χ3n) is 3.50. The maximum absolute atomic E-state index is 11.7. The fourth-order valence-electron chi connectivity index (χ4n) is 2.51. The van der Waals surface area contributed by atoms with Crippen LogP contribution in [0.5, 0.6) is 0 Å². The molecule has 1 saturated heterocycles. The summed E-state index contributed by atoms with van der Waals surface area (Å²) in [5.74, 6) is 0.0489. The Morgan fingerprint density at radius 1 is 1.50 bits per heavy atom. The van der Waals surface area contributed by atoms with Gasteiger partial charge in [-0.3, -0.25) is 9.69 Å². The monoisotopic (exact) mass is 248 g/mol. The molecular formula is C14H20N2O2. The SMILES string of the molecule is CNC(=O)C1CCCN1CC(O)c1ccccc1. The average Bonchev–Trinajstić information content (AvgIpc) is 2.87. The molecule has 2 atom stereocenters. The minimum Gasteiger partial charge on any atom is -0.387 e. The number of aliphatic hydroxyl groups excluding tert-OH is 1. The van der Waals surface area contributed by atoms with Crippen molar-refractivity contribution in [2.45, 2.75) is 25.0 Å². The predicted molar refractivity (Wildman–Crippen MR) is 70.1 cm³/mol. The number of nitrogens with zero attached hydrogens (tertiary/aromatic N) is 1. The zero-order valence-electron chi connectivity index (χ0n) is 10.7. The van der Waals surface area contributed by atoms with Crippen LogP contribution >= 0.6 is 0 Å². The van der Waals surface area contributed by atoms with Crippen LogP contribution in [0.1, 0.15) is 24.5 Å². The Morgan fingerprint density at radius 2 is 2.22 bits per heavy atom. The van der Waals surface area contributed by atoms with E-state index in [0.29, 0.717) is 6.54 Å². The summed E-state index contributed by atoms with van der Waals surface area (Å²) in [6.45, 7) is 1.39. The number of likely N-dealkylation sites (N-methyl/N-ethyl adjacent to an activating group) is 1. The van der Waals surface area contributed by atoms with Crippen LogP contribution in [0.4, 0.5) is 0 Å². The highest BCUT2D eigenvalue weighted by atomic mass is 16.3. The number of carbonyl (C=O) groups is 1. The van der Waals surface area contributed by atoms with E-state index in [2.05, 4.69) is 10.2 Å². The van der Waals surface area contributed by atoms with Crippen molar-refractivity contribution in [3.8, 4) is 0 Å². The fraction of sp³-hybridized carbons (Fsp3) is 0.500. The van der Waals surface area contributed by atoms with E-state index in [-0.39, 0.29) is 11.9 Å². The molecule has 1 aliphatic heterocycles. The molecule has 2 rings (SSSR count). The van der Waals surface area contributed by atoms with Crippen molar-refractivity contribution in [2.75, 3.05) is 20.1 Å². The topological polar surface area (TPSA) is 52.6 Å². The first kappa shape index (κ1) is 13.1. The number of hydrogen-bond donors (Lipinski definition) is 2. The Bertz CT molecular complexity index is 394. The van der Waals surface area contributed by atoms with Crippen LogP contribution in [0.15, 0.2) is 30.3 Å². The van der Waals surface area contributed by atoms with E-state index < -0.39 is 6.10 Å². The first-order chi connectivity index (χ1) is 8.72. The van der Waals surface area contributed by atoms with E-state index in [4.69, 9.17) is 0 Å². The zero-order valence-corrected chi connectivity index (χ0v) is 10.7. The normalized spacial score (nSPS) is 21.8. The summed E-state index contributed by atoms with van der Waals surface area (Å²) in [5.41, 5.74) is 0.903. The van der Waals surface area contributed by atoms with Gasteiger partial charge in [0.2, 0.25) is 5.91 Å². The molecule has 1 aromatic rings. The lowest BCUT2D eigenvalue weighted by Gasteiger charge is -2.25. The van der Waals surface area contributed by atoms with Gasteiger partial charge < -0.3 is 10.4 Å². The summed E-state index contributed by atoms with van der Waals surface area (Å²) in [4.78, 5) is 13.8. The van der Waals surface area contributed by atoms with Gasteiger partial charge in [-0.05, 0) is 24.9 Å². The van der Waals surface area contributed by atoms with E-state index in [9.17, 15) is 9.90 Å². The van der Waals surface area contributed by atoms with Crippen LogP contribution in [-0.2, 0) is 4.79 Å². The molecule has 1 amide bonds. The van der Waals surface area contributed by atoms with E-state index in [0.717, 1.165) is 24.9 Å². The summed E-state index contributed by atoms with van der Waals surface area (Å²) in [5, 5.41) is 12.9. The van der Waals surface area contributed by atoms with Crippen LogP contribution < -0.4 is 5.32 Å². The van der Waals surface area contributed by atoms with Gasteiger partial charge in [-0.15, -0.1) is 0 Å². The number of benzene rings is 1. The van der Waals surface area contributed by atoms with Crippen molar-refractivity contribution in [3.63, 3.8) is 0 Å². The molecule has 98 valence electrons. The van der Waals surface area contributed by atoms with Crippen molar-refractivity contribution in [1.82, 2.24) is 10.2 Å². The minimum atomic E-state index is -0.531. The second-order valence-corrected chi connectivity index (χ2v) is 4.69. The molecule has 0 radical (unpaired) electrons. The first-order valence-corrected chi connectivity index (χ1v) is 6.41. The standard InChI is InChI=1S/C14H20N2O2/c1-15-14(18)12-8-5-9-16(12)10-13(17)11-6-3-2-4-7-11/h2-4,6-7,12-13,17H,5,8-10H2,1H3,(H,15,18). The highest BCUT2D eigenvalue weighted by Gasteiger charge is 2.31. The van der Waals surface area contributed by atoms with Gasteiger partial charge in [-0.25, -0.2) is 0 Å². The molecule has 0 saturated carbocycles. The number of aliphatic hydroxyl groups is 1. The van der Waals surface area contributed by atoms with Gasteiger partial charge >= 0.3 is 0 Å². The highest BCUT2D eigenvalue weighted by Crippen LogP contribution is 2.22. The van der Waals surface area contributed by atoms with Crippen LogP contribution in [0.25, 0.3) is 0 Å². The second kappa shape index (κ2) is 5.98. The molecule has 1 fully saturated rings. The largest absolute Gasteiger partial charge is 0.387 e. The summed E-state index contributed by atoms with van der Waals surface area (Å²) < 4.78 is 0. The van der Waals surface area contributed by atoms with Gasteiger partial charge in [0.1, 0.15) is 0 Å². The molecule has 1 aliphatic rings. The van der Waals surface area contributed by atoms with Gasteiger partial charge in [0.25, 0.3) is 0 Å².